The van der Waals surface area contributed by atoms with Gasteiger partial charge in [0.1, 0.15) is 10.9 Å². The van der Waals surface area contributed by atoms with Crippen molar-refractivity contribution >= 4 is 11.3 Å². The highest BCUT2D eigenvalue weighted by Crippen LogP contribution is 2.15. The molecule has 2 N–H and O–H groups in total. The zero-order chi connectivity index (χ0) is 12.5. The monoisotopic (exact) mass is 252 g/mol. The molecule has 1 aromatic rings. The Labute approximate surface area is 107 Å². The summed E-state index contributed by atoms with van der Waals surface area (Å²) >= 11 is 1.54. The predicted octanol–water partition coefficient (Wildman–Crippen LogP) is 2.51. The number of nitrogens with zero attached hydrogens (tertiary/aromatic N) is 1. The van der Waals surface area contributed by atoms with Crippen LogP contribution >= 0.6 is 11.3 Å². The summed E-state index contributed by atoms with van der Waals surface area (Å²) in [6, 6.07) is 6.00. The molecule has 1 aromatic heterocycles. The number of nitriles is 1. The molecule has 0 fully saturated rings. The number of rotatable bonds is 8. The van der Waals surface area contributed by atoms with Crippen LogP contribution in [0.25, 0.3) is 0 Å². The molecule has 0 radical (unpaired) electrons. The molecule has 0 spiro atoms. The molecule has 1 rings (SSSR count). The molecule has 0 aromatic carbocycles. The van der Waals surface area contributed by atoms with Crippen molar-refractivity contribution in [3.63, 3.8) is 0 Å². The topological polar surface area (TPSA) is 56.0 Å². The smallest absolute Gasteiger partial charge is 0.110 e. The van der Waals surface area contributed by atoms with E-state index in [0.29, 0.717) is 5.92 Å². The summed E-state index contributed by atoms with van der Waals surface area (Å²) in [4.78, 5) is 1.96. The Morgan fingerprint density at radius 1 is 1.47 bits per heavy atom. The van der Waals surface area contributed by atoms with Crippen molar-refractivity contribution in [2.75, 3.05) is 13.2 Å². The molecule has 0 saturated heterocycles. The molecule has 0 aliphatic carbocycles. The average molecular weight is 252 g/mol. The molecule has 17 heavy (non-hydrogen) atoms. The van der Waals surface area contributed by atoms with Gasteiger partial charge in [-0.15, -0.1) is 11.3 Å². The minimum atomic E-state index is 0.268. The van der Waals surface area contributed by atoms with Crippen LogP contribution in [0.4, 0.5) is 0 Å². The second kappa shape index (κ2) is 8.24. The third-order valence-corrected chi connectivity index (χ3v) is 3.73. The van der Waals surface area contributed by atoms with Gasteiger partial charge < -0.3 is 10.4 Å². The SMILES string of the molecule is CCCC(CCO)CNCc1ccc(C#N)s1. The molecule has 0 aliphatic rings. The van der Waals surface area contributed by atoms with Gasteiger partial charge in [-0.25, -0.2) is 0 Å². The van der Waals surface area contributed by atoms with Gasteiger partial charge in [0.25, 0.3) is 0 Å². The lowest BCUT2D eigenvalue weighted by atomic mass is 10.0. The van der Waals surface area contributed by atoms with Crippen molar-refractivity contribution in [1.82, 2.24) is 5.32 Å². The van der Waals surface area contributed by atoms with E-state index in [4.69, 9.17) is 10.4 Å². The molecule has 3 nitrogen and oxygen atoms in total. The summed E-state index contributed by atoms with van der Waals surface area (Å²) in [5, 5.41) is 21.1. The van der Waals surface area contributed by atoms with Crippen LogP contribution in [0.5, 0.6) is 0 Å². The van der Waals surface area contributed by atoms with E-state index in [2.05, 4.69) is 18.3 Å². The Morgan fingerprint density at radius 3 is 2.88 bits per heavy atom. The lowest BCUT2D eigenvalue weighted by molar-refractivity contribution is 0.248. The van der Waals surface area contributed by atoms with Crippen LogP contribution in [0.1, 0.15) is 35.9 Å². The van der Waals surface area contributed by atoms with Crippen LogP contribution in [0, 0.1) is 17.2 Å². The van der Waals surface area contributed by atoms with Gasteiger partial charge in [-0.2, -0.15) is 5.26 Å². The van der Waals surface area contributed by atoms with Crippen LogP contribution in [-0.2, 0) is 6.54 Å². The molecule has 1 atom stereocenters. The van der Waals surface area contributed by atoms with Crippen LogP contribution in [0.15, 0.2) is 12.1 Å². The number of aliphatic hydroxyl groups excluding tert-OH is 1. The Morgan fingerprint density at radius 2 is 2.29 bits per heavy atom. The maximum atomic E-state index is 8.95. The molecule has 0 saturated carbocycles. The summed E-state index contributed by atoms with van der Waals surface area (Å²) in [5.41, 5.74) is 0. The predicted molar refractivity (Wildman–Crippen MR) is 70.8 cm³/mol. The van der Waals surface area contributed by atoms with E-state index in [9.17, 15) is 0 Å². The van der Waals surface area contributed by atoms with Crippen LogP contribution < -0.4 is 5.32 Å². The maximum Gasteiger partial charge on any atom is 0.110 e. The Hall–Kier alpha value is -0.890. The second-order valence-electron chi connectivity index (χ2n) is 4.18. The number of aliphatic hydroxyl groups is 1. The zero-order valence-corrected chi connectivity index (χ0v) is 11.1. The Bertz CT molecular complexity index is 351. The summed E-state index contributed by atoms with van der Waals surface area (Å²) in [6.45, 7) is 4.19. The lowest BCUT2D eigenvalue weighted by Crippen LogP contribution is -2.22. The largest absolute Gasteiger partial charge is 0.396 e. The van der Waals surface area contributed by atoms with Gasteiger partial charge in [-0.3, -0.25) is 0 Å². The third kappa shape index (κ3) is 5.31. The van der Waals surface area contributed by atoms with Gasteiger partial charge in [-0.05, 0) is 37.4 Å². The molecule has 1 unspecified atom stereocenters. The van der Waals surface area contributed by atoms with E-state index in [1.165, 1.54) is 16.2 Å². The number of nitrogens with one attached hydrogen (secondary N) is 1. The highest BCUT2D eigenvalue weighted by molar-refractivity contribution is 7.12. The lowest BCUT2D eigenvalue weighted by Gasteiger charge is -2.15. The van der Waals surface area contributed by atoms with E-state index in [-0.39, 0.29) is 6.61 Å². The summed E-state index contributed by atoms with van der Waals surface area (Å²) in [6.07, 6.45) is 3.18. The second-order valence-corrected chi connectivity index (χ2v) is 5.34. The minimum absolute atomic E-state index is 0.268. The standard InChI is InChI=1S/C13H20N2OS/c1-2-3-11(6-7-16)9-15-10-13-5-4-12(8-14)17-13/h4-5,11,15-16H,2-3,6-7,9-10H2,1H3. The molecule has 1 heterocycles. The number of thiophene rings is 1. The van der Waals surface area contributed by atoms with Crippen LogP contribution in [0.3, 0.4) is 0 Å². The van der Waals surface area contributed by atoms with Crippen LogP contribution in [0.2, 0.25) is 0 Å². The minimum Gasteiger partial charge on any atom is -0.396 e. The first-order valence-electron chi connectivity index (χ1n) is 6.10. The van der Waals surface area contributed by atoms with E-state index in [0.717, 1.165) is 37.2 Å². The van der Waals surface area contributed by atoms with Gasteiger partial charge in [0.2, 0.25) is 0 Å². The molecular weight excluding hydrogens is 232 g/mol. The summed E-state index contributed by atoms with van der Waals surface area (Å²) in [7, 11) is 0. The highest BCUT2D eigenvalue weighted by Gasteiger charge is 2.07. The first-order chi connectivity index (χ1) is 8.30. The van der Waals surface area contributed by atoms with E-state index in [1.54, 1.807) is 0 Å². The summed E-state index contributed by atoms with van der Waals surface area (Å²) in [5.74, 6) is 0.556. The van der Waals surface area contributed by atoms with Crippen molar-refractivity contribution < 1.29 is 5.11 Å². The van der Waals surface area contributed by atoms with Gasteiger partial charge in [0.15, 0.2) is 0 Å². The molecule has 0 bridgehead atoms. The molecule has 4 heteroatoms. The van der Waals surface area contributed by atoms with E-state index >= 15 is 0 Å². The molecular formula is C13H20N2OS. The molecule has 94 valence electrons. The van der Waals surface area contributed by atoms with Gasteiger partial charge in [0.05, 0.1) is 0 Å². The number of hydrogen-bond acceptors (Lipinski definition) is 4. The molecule has 0 amide bonds. The zero-order valence-electron chi connectivity index (χ0n) is 10.3. The normalized spacial score (nSPS) is 12.3. The fraction of sp³-hybridized carbons (Fsp3) is 0.615. The summed E-state index contributed by atoms with van der Waals surface area (Å²) < 4.78 is 0. The maximum absolute atomic E-state index is 8.95. The van der Waals surface area contributed by atoms with E-state index < -0.39 is 0 Å². The van der Waals surface area contributed by atoms with Crippen molar-refractivity contribution in [3.8, 4) is 6.07 Å². The van der Waals surface area contributed by atoms with Gasteiger partial charge in [0, 0.05) is 18.0 Å². The van der Waals surface area contributed by atoms with E-state index in [1.807, 2.05) is 12.1 Å². The fourth-order valence-corrected chi connectivity index (χ4v) is 2.65. The van der Waals surface area contributed by atoms with Crippen molar-refractivity contribution in [1.29, 1.82) is 5.26 Å². The van der Waals surface area contributed by atoms with Crippen molar-refractivity contribution in [2.24, 2.45) is 5.92 Å². The fourth-order valence-electron chi connectivity index (χ4n) is 1.87. The van der Waals surface area contributed by atoms with Crippen molar-refractivity contribution in [3.05, 3.63) is 21.9 Å². The molecule has 0 aliphatic heterocycles. The third-order valence-electron chi connectivity index (χ3n) is 2.74. The van der Waals surface area contributed by atoms with Gasteiger partial charge >= 0.3 is 0 Å². The van der Waals surface area contributed by atoms with Gasteiger partial charge in [-0.1, -0.05) is 13.3 Å². The van der Waals surface area contributed by atoms with Crippen LogP contribution in [-0.4, -0.2) is 18.3 Å². The van der Waals surface area contributed by atoms with Crippen molar-refractivity contribution in [2.45, 2.75) is 32.7 Å². The average Bonchev–Trinajstić information content (AvgIpc) is 2.77. The highest BCUT2D eigenvalue weighted by atomic mass is 32.1. The number of hydrogen-bond donors (Lipinski definition) is 2. The first-order valence-corrected chi connectivity index (χ1v) is 6.92. The Balaban J connectivity index is 2.27. The first kappa shape index (κ1) is 14.2. The Kier molecular flexibility index (Phi) is 6.87. The quantitative estimate of drug-likeness (QED) is 0.747.